The van der Waals surface area contributed by atoms with Crippen molar-refractivity contribution in [3.05, 3.63) is 65.2 Å². The molecule has 0 bridgehead atoms. The number of rotatable bonds is 7. The smallest absolute Gasteiger partial charge is 0.236 e. The Morgan fingerprint density at radius 2 is 1.87 bits per heavy atom. The van der Waals surface area contributed by atoms with Crippen LogP contribution in [-0.4, -0.2) is 61.5 Å². The summed E-state index contributed by atoms with van der Waals surface area (Å²) in [5, 5.41) is 12.6. The van der Waals surface area contributed by atoms with E-state index in [1.54, 1.807) is 6.07 Å². The Labute approximate surface area is 178 Å². The summed E-state index contributed by atoms with van der Waals surface area (Å²) in [4.78, 5) is 16.6. The summed E-state index contributed by atoms with van der Waals surface area (Å²) >= 11 is 0. The van der Waals surface area contributed by atoms with Crippen molar-refractivity contribution in [3.63, 3.8) is 0 Å². The summed E-state index contributed by atoms with van der Waals surface area (Å²) in [7, 11) is 2.09. The molecule has 1 saturated heterocycles. The highest BCUT2D eigenvalue weighted by Crippen LogP contribution is 2.41. The van der Waals surface area contributed by atoms with E-state index in [-0.39, 0.29) is 5.91 Å². The number of nitriles is 1. The minimum Gasteiger partial charge on any atom is -0.489 e. The van der Waals surface area contributed by atoms with Crippen molar-refractivity contribution < 1.29 is 9.53 Å². The van der Waals surface area contributed by atoms with Crippen molar-refractivity contribution in [2.24, 2.45) is 0 Å². The molecule has 1 heterocycles. The van der Waals surface area contributed by atoms with Crippen molar-refractivity contribution in [1.82, 2.24) is 15.1 Å². The first kappa shape index (κ1) is 20.4. The number of nitrogens with zero attached hydrogens (tertiary/aromatic N) is 3. The maximum absolute atomic E-state index is 12.4. The lowest BCUT2D eigenvalue weighted by Gasteiger charge is -2.32. The van der Waals surface area contributed by atoms with Crippen LogP contribution in [0.1, 0.15) is 29.0 Å². The lowest BCUT2D eigenvalue weighted by molar-refractivity contribution is -0.131. The first-order valence-electron chi connectivity index (χ1n) is 10.5. The van der Waals surface area contributed by atoms with Gasteiger partial charge in [0, 0.05) is 43.7 Å². The Bertz CT molecular complexity index is 914. The normalized spacial score (nSPS) is 21.1. The quantitative estimate of drug-likeness (QED) is 0.767. The third-order valence-corrected chi connectivity index (χ3v) is 6.00. The molecule has 0 spiro atoms. The number of nitrogens with one attached hydrogen (secondary N) is 1. The number of hydrogen-bond donors (Lipinski definition) is 1. The number of ether oxygens (including phenoxy) is 1. The molecule has 1 saturated carbocycles. The van der Waals surface area contributed by atoms with Crippen molar-refractivity contribution >= 4 is 5.91 Å². The zero-order valence-electron chi connectivity index (χ0n) is 17.4. The maximum atomic E-state index is 12.4. The molecular formula is C24H28N4O2. The van der Waals surface area contributed by atoms with Gasteiger partial charge in [0.25, 0.3) is 0 Å². The molecule has 1 aliphatic heterocycles. The standard InChI is InChI=1S/C24H28N4O2/c1-27-10-12-28(13-11-27)24(29)16-26-23-14-22(23)18-6-8-21(9-7-18)30-17-20-5-3-2-4-19(20)15-25/h2-9,22-23,26H,10-14,16-17H2,1H3. The fourth-order valence-corrected chi connectivity index (χ4v) is 3.90. The number of carbonyl (C=O) groups excluding carboxylic acids is 1. The van der Waals surface area contributed by atoms with Crippen LogP contribution in [0.4, 0.5) is 0 Å². The maximum Gasteiger partial charge on any atom is 0.236 e. The molecule has 1 amide bonds. The Hall–Kier alpha value is -2.88. The van der Waals surface area contributed by atoms with Gasteiger partial charge in [0.2, 0.25) is 5.91 Å². The molecule has 0 radical (unpaired) electrons. The van der Waals surface area contributed by atoms with Gasteiger partial charge in [-0.1, -0.05) is 30.3 Å². The lowest BCUT2D eigenvalue weighted by Crippen LogP contribution is -2.49. The summed E-state index contributed by atoms with van der Waals surface area (Å²) in [6.45, 7) is 4.36. The van der Waals surface area contributed by atoms with Crippen LogP contribution in [0.25, 0.3) is 0 Å². The predicted octanol–water partition coefficient (Wildman–Crippen LogP) is 2.36. The van der Waals surface area contributed by atoms with Crippen LogP contribution >= 0.6 is 0 Å². The molecule has 0 aromatic heterocycles. The average molecular weight is 405 g/mol. The van der Waals surface area contributed by atoms with Gasteiger partial charge in [-0.2, -0.15) is 5.26 Å². The monoisotopic (exact) mass is 404 g/mol. The van der Waals surface area contributed by atoms with Gasteiger partial charge in [-0.25, -0.2) is 0 Å². The Morgan fingerprint density at radius 3 is 2.60 bits per heavy atom. The lowest BCUT2D eigenvalue weighted by atomic mass is 10.1. The molecule has 2 aliphatic rings. The van der Waals surface area contributed by atoms with Crippen molar-refractivity contribution in [2.75, 3.05) is 39.8 Å². The van der Waals surface area contributed by atoms with E-state index in [2.05, 4.69) is 35.5 Å². The van der Waals surface area contributed by atoms with E-state index in [0.717, 1.165) is 43.9 Å². The van der Waals surface area contributed by atoms with E-state index < -0.39 is 0 Å². The number of benzene rings is 2. The Balaban J connectivity index is 1.22. The Kier molecular flexibility index (Phi) is 6.32. The molecule has 2 aromatic carbocycles. The van der Waals surface area contributed by atoms with Gasteiger partial charge >= 0.3 is 0 Å². The molecule has 2 atom stereocenters. The van der Waals surface area contributed by atoms with Crippen LogP contribution in [0.5, 0.6) is 5.75 Å². The third kappa shape index (κ3) is 4.99. The van der Waals surface area contributed by atoms with Crippen LogP contribution in [0.3, 0.4) is 0 Å². The highest BCUT2D eigenvalue weighted by Gasteiger charge is 2.38. The third-order valence-electron chi connectivity index (χ3n) is 6.00. The molecule has 6 heteroatoms. The van der Waals surface area contributed by atoms with Gasteiger partial charge < -0.3 is 19.9 Å². The molecule has 2 aromatic rings. The summed E-state index contributed by atoms with van der Waals surface area (Å²) in [6.07, 6.45) is 1.06. The average Bonchev–Trinajstić information content (AvgIpc) is 3.57. The first-order valence-corrected chi connectivity index (χ1v) is 10.5. The zero-order chi connectivity index (χ0) is 20.9. The van der Waals surface area contributed by atoms with E-state index in [1.807, 2.05) is 35.2 Å². The zero-order valence-corrected chi connectivity index (χ0v) is 17.4. The van der Waals surface area contributed by atoms with Gasteiger partial charge in [0.1, 0.15) is 12.4 Å². The second-order valence-corrected chi connectivity index (χ2v) is 8.14. The summed E-state index contributed by atoms with van der Waals surface area (Å²) in [6, 6.07) is 18.2. The molecule has 2 fully saturated rings. The summed E-state index contributed by atoms with van der Waals surface area (Å²) < 4.78 is 5.85. The van der Waals surface area contributed by atoms with Crippen molar-refractivity contribution in [2.45, 2.75) is 25.0 Å². The van der Waals surface area contributed by atoms with Crippen LogP contribution in [0, 0.1) is 11.3 Å². The summed E-state index contributed by atoms with van der Waals surface area (Å²) in [5.74, 6) is 1.45. The molecule has 4 rings (SSSR count). The van der Waals surface area contributed by atoms with E-state index in [9.17, 15) is 10.1 Å². The number of carbonyl (C=O) groups is 1. The van der Waals surface area contributed by atoms with Crippen LogP contribution in [-0.2, 0) is 11.4 Å². The predicted molar refractivity (Wildman–Crippen MR) is 115 cm³/mol. The number of amides is 1. The van der Waals surface area contributed by atoms with Crippen molar-refractivity contribution in [3.8, 4) is 11.8 Å². The van der Waals surface area contributed by atoms with E-state index in [4.69, 9.17) is 4.74 Å². The molecular weight excluding hydrogens is 376 g/mol. The molecule has 1 aliphatic carbocycles. The van der Waals surface area contributed by atoms with Gasteiger partial charge in [-0.15, -0.1) is 0 Å². The van der Waals surface area contributed by atoms with Crippen LogP contribution < -0.4 is 10.1 Å². The first-order chi connectivity index (χ1) is 14.6. The van der Waals surface area contributed by atoms with Crippen molar-refractivity contribution in [1.29, 1.82) is 5.26 Å². The summed E-state index contributed by atoms with van der Waals surface area (Å²) in [5.41, 5.74) is 2.80. The Morgan fingerprint density at radius 1 is 1.13 bits per heavy atom. The minimum atomic E-state index is 0.204. The SMILES string of the molecule is CN1CCN(C(=O)CNC2CC2c2ccc(OCc3ccccc3C#N)cc2)CC1. The van der Waals surface area contributed by atoms with Crippen LogP contribution in [0.15, 0.2) is 48.5 Å². The molecule has 156 valence electrons. The molecule has 1 N–H and O–H groups in total. The van der Waals surface area contributed by atoms with E-state index in [0.29, 0.717) is 30.7 Å². The van der Waals surface area contributed by atoms with Crippen LogP contribution in [0.2, 0.25) is 0 Å². The number of likely N-dealkylation sites (N-methyl/N-ethyl adjacent to an activating group) is 1. The second-order valence-electron chi connectivity index (χ2n) is 8.14. The number of piperazine rings is 1. The molecule has 6 nitrogen and oxygen atoms in total. The fraction of sp³-hybridized carbons (Fsp3) is 0.417. The van der Waals surface area contributed by atoms with Gasteiger partial charge in [0.05, 0.1) is 18.2 Å². The number of hydrogen-bond acceptors (Lipinski definition) is 5. The van der Waals surface area contributed by atoms with Gasteiger partial charge in [0.15, 0.2) is 0 Å². The highest BCUT2D eigenvalue weighted by molar-refractivity contribution is 5.78. The minimum absolute atomic E-state index is 0.204. The second kappa shape index (κ2) is 9.29. The molecule has 30 heavy (non-hydrogen) atoms. The molecule has 2 unspecified atom stereocenters. The topological polar surface area (TPSA) is 68.6 Å². The fourth-order valence-electron chi connectivity index (χ4n) is 3.90. The van der Waals surface area contributed by atoms with E-state index in [1.165, 1.54) is 5.56 Å². The van der Waals surface area contributed by atoms with Gasteiger partial charge in [-0.05, 0) is 37.2 Å². The van der Waals surface area contributed by atoms with E-state index >= 15 is 0 Å². The van der Waals surface area contributed by atoms with Gasteiger partial charge in [-0.3, -0.25) is 4.79 Å². The largest absolute Gasteiger partial charge is 0.489 e. The highest BCUT2D eigenvalue weighted by atomic mass is 16.5.